The molecule has 1 heterocycles. The Kier molecular flexibility index (Phi) is 5.06. The van der Waals surface area contributed by atoms with Gasteiger partial charge in [-0.3, -0.25) is 9.59 Å². The number of hydrogen-bond acceptors (Lipinski definition) is 3. The minimum atomic E-state index is -0.139. The molecule has 0 radical (unpaired) electrons. The summed E-state index contributed by atoms with van der Waals surface area (Å²) >= 11 is 0. The second kappa shape index (κ2) is 7.80. The van der Waals surface area contributed by atoms with E-state index in [4.69, 9.17) is 0 Å². The Morgan fingerprint density at radius 2 is 1.79 bits per heavy atom. The Bertz CT molecular complexity index is 1020. The largest absolute Gasteiger partial charge is 0.331 e. The molecule has 5 heteroatoms. The van der Waals surface area contributed by atoms with Crippen molar-refractivity contribution in [3.8, 4) is 0 Å². The summed E-state index contributed by atoms with van der Waals surface area (Å²) < 4.78 is 1.69. The highest BCUT2D eigenvalue weighted by molar-refractivity contribution is 6.07. The Labute approximate surface area is 164 Å². The van der Waals surface area contributed by atoms with Gasteiger partial charge in [-0.25, -0.2) is 4.98 Å². The molecule has 1 aliphatic carbocycles. The third-order valence-electron chi connectivity index (χ3n) is 5.23. The van der Waals surface area contributed by atoms with Gasteiger partial charge in [0, 0.05) is 30.7 Å². The molecule has 1 N–H and O–H groups in total. The molecule has 142 valence electrons. The standard InChI is InChI=1S/C23H23N3O2/c1-26-13-12-24-23(26)22(28)18-8-10-20(11-9-18)25-21(27)15-16-6-7-17-4-2-3-5-19(17)14-16/h6-14H,2-5,15H2,1H3,(H,25,27). The number of carbonyl (C=O) groups is 2. The van der Waals surface area contributed by atoms with Crippen LogP contribution >= 0.6 is 0 Å². The number of hydrogen-bond donors (Lipinski definition) is 1. The van der Waals surface area contributed by atoms with Gasteiger partial charge in [-0.1, -0.05) is 18.2 Å². The summed E-state index contributed by atoms with van der Waals surface area (Å²) in [5, 5.41) is 2.91. The zero-order chi connectivity index (χ0) is 19.5. The van der Waals surface area contributed by atoms with E-state index in [1.807, 2.05) is 0 Å². The van der Waals surface area contributed by atoms with Crippen LogP contribution in [0.15, 0.2) is 54.9 Å². The third-order valence-corrected chi connectivity index (χ3v) is 5.23. The van der Waals surface area contributed by atoms with Crippen molar-refractivity contribution in [1.29, 1.82) is 0 Å². The zero-order valence-corrected chi connectivity index (χ0v) is 15.9. The van der Waals surface area contributed by atoms with Gasteiger partial charge < -0.3 is 9.88 Å². The normalized spacial score (nSPS) is 13.0. The fourth-order valence-electron chi connectivity index (χ4n) is 3.71. The van der Waals surface area contributed by atoms with Crippen molar-refractivity contribution in [3.63, 3.8) is 0 Å². The van der Waals surface area contributed by atoms with Gasteiger partial charge in [0.25, 0.3) is 0 Å². The summed E-state index contributed by atoms with van der Waals surface area (Å²) in [6.07, 6.45) is 8.42. The lowest BCUT2D eigenvalue weighted by molar-refractivity contribution is -0.115. The molecule has 4 rings (SSSR count). The highest BCUT2D eigenvalue weighted by atomic mass is 16.1. The highest BCUT2D eigenvalue weighted by Gasteiger charge is 2.14. The quantitative estimate of drug-likeness (QED) is 0.694. The number of anilines is 1. The molecule has 0 saturated carbocycles. The summed E-state index contributed by atoms with van der Waals surface area (Å²) in [4.78, 5) is 28.9. The smallest absolute Gasteiger partial charge is 0.228 e. The predicted octanol–water partition coefficient (Wildman–Crippen LogP) is 3.71. The number of benzene rings is 2. The topological polar surface area (TPSA) is 64.0 Å². The number of nitrogens with one attached hydrogen (secondary N) is 1. The maximum Gasteiger partial charge on any atom is 0.228 e. The predicted molar refractivity (Wildman–Crippen MR) is 109 cm³/mol. The van der Waals surface area contributed by atoms with E-state index in [0.29, 0.717) is 23.5 Å². The van der Waals surface area contributed by atoms with Crippen LogP contribution in [0.3, 0.4) is 0 Å². The number of ketones is 1. The van der Waals surface area contributed by atoms with Crippen LogP contribution in [-0.4, -0.2) is 21.2 Å². The first-order valence-corrected chi connectivity index (χ1v) is 9.63. The van der Waals surface area contributed by atoms with E-state index in [1.165, 1.54) is 24.0 Å². The van der Waals surface area contributed by atoms with Gasteiger partial charge in [-0.05, 0) is 66.6 Å². The first kappa shape index (κ1) is 18.2. The number of amides is 1. The van der Waals surface area contributed by atoms with Gasteiger partial charge in [0.2, 0.25) is 11.7 Å². The summed E-state index contributed by atoms with van der Waals surface area (Å²) in [6.45, 7) is 0. The first-order valence-electron chi connectivity index (χ1n) is 9.63. The van der Waals surface area contributed by atoms with Crippen LogP contribution in [0.4, 0.5) is 5.69 Å². The molecule has 5 nitrogen and oxygen atoms in total. The molecule has 0 aliphatic heterocycles. The van der Waals surface area contributed by atoms with Gasteiger partial charge in [-0.15, -0.1) is 0 Å². The third kappa shape index (κ3) is 3.88. The fraction of sp³-hybridized carbons (Fsp3) is 0.261. The maximum absolute atomic E-state index is 12.4. The Morgan fingerprint density at radius 3 is 2.50 bits per heavy atom. The summed E-state index contributed by atoms with van der Waals surface area (Å²) in [5.74, 6) is 0.197. The van der Waals surface area contributed by atoms with Crippen LogP contribution in [0.5, 0.6) is 0 Å². The number of carbonyl (C=O) groups excluding carboxylic acids is 2. The number of nitrogens with zero attached hydrogens (tertiary/aromatic N) is 2. The van der Waals surface area contributed by atoms with Gasteiger partial charge >= 0.3 is 0 Å². The Balaban J connectivity index is 1.39. The lowest BCUT2D eigenvalue weighted by Crippen LogP contribution is -2.15. The number of imidazole rings is 1. The van der Waals surface area contributed by atoms with Crippen molar-refractivity contribution in [2.24, 2.45) is 7.05 Å². The number of aromatic nitrogens is 2. The molecule has 1 aliphatic rings. The van der Waals surface area contributed by atoms with Gasteiger partial charge in [-0.2, -0.15) is 0 Å². The minimum absolute atomic E-state index is 0.0565. The molecular formula is C23H23N3O2. The van der Waals surface area contributed by atoms with Crippen LogP contribution < -0.4 is 5.32 Å². The van der Waals surface area contributed by atoms with Gasteiger partial charge in [0.05, 0.1) is 6.42 Å². The van der Waals surface area contributed by atoms with Crippen molar-refractivity contribution in [1.82, 2.24) is 9.55 Å². The molecule has 0 atom stereocenters. The number of aryl methyl sites for hydroxylation is 3. The molecule has 0 fully saturated rings. The lowest BCUT2D eigenvalue weighted by Gasteiger charge is -2.16. The van der Waals surface area contributed by atoms with Crippen molar-refractivity contribution < 1.29 is 9.59 Å². The molecule has 0 spiro atoms. The average molecular weight is 373 g/mol. The second-order valence-electron chi connectivity index (χ2n) is 7.30. The van der Waals surface area contributed by atoms with E-state index in [-0.39, 0.29) is 11.7 Å². The molecule has 28 heavy (non-hydrogen) atoms. The van der Waals surface area contributed by atoms with Crippen LogP contribution in [0, 0.1) is 0 Å². The SMILES string of the molecule is Cn1ccnc1C(=O)c1ccc(NC(=O)Cc2ccc3c(c2)CCCC3)cc1. The van der Waals surface area contributed by atoms with E-state index < -0.39 is 0 Å². The van der Waals surface area contributed by atoms with E-state index in [9.17, 15) is 9.59 Å². The molecule has 0 bridgehead atoms. The molecule has 0 unspecified atom stereocenters. The van der Waals surface area contributed by atoms with Gasteiger partial charge in [0.15, 0.2) is 5.82 Å². The van der Waals surface area contributed by atoms with Crippen molar-refractivity contribution >= 4 is 17.4 Å². The molecule has 1 amide bonds. The molecule has 3 aromatic rings. The Hall–Kier alpha value is -3.21. The van der Waals surface area contributed by atoms with Crippen molar-refractivity contribution in [2.45, 2.75) is 32.1 Å². The van der Waals surface area contributed by atoms with Crippen molar-refractivity contribution in [2.75, 3.05) is 5.32 Å². The molecule has 0 saturated heterocycles. The van der Waals surface area contributed by atoms with Crippen LogP contribution in [0.2, 0.25) is 0 Å². The monoisotopic (exact) mass is 373 g/mol. The fourth-order valence-corrected chi connectivity index (χ4v) is 3.71. The summed E-state index contributed by atoms with van der Waals surface area (Å²) in [6, 6.07) is 13.3. The highest BCUT2D eigenvalue weighted by Crippen LogP contribution is 2.22. The molecule has 2 aromatic carbocycles. The van der Waals surface area contributed by atoms with E-state index in [0.717, 1.165) is 18.4 Å². The van der Waals surface area contributed by atoms with Crippen LogP contribution in [0.25, 0.3) is 0 Å². The first-order chi connectivity index (χ1) is 13.6. The summed E-state index contributed by atoms with van der Waals surface area (Å²) in [7, 11) is 1.79. The van der Waals surface area contributed by atoms with Crippen LogP contribution in [0.1, 0.15) is 45.7 Å². The summed E-state index contributed by atoms with van der Waals surface area (Å²) in [5.41, 5.74) is 5.07. The number of fused-ring (bicyclic) bond motifs is 1. The van der Waals surface area contributed by atoms with E-state index >= 15 is 0 Å². The van der Waals surface area contributed by atoms with Gasteiger partial charge in [0.1, 0.15) is 0 Å². The second-order valence-corrected chi connectivity index (χ2v) is 7.30. The molecule has 1 aromatic heterocycles. The lowest BCUT2D eigenvalue weighted by atomic mass is 9.90. The zero-order valence-electron chi connectivity index (χ0n) is 15.9. The Morgan fingerprint density at radius 1 is 1.04 bits per heavy atom. The maximum atomic E-state index is 12.4. The van der Waals surface area contributed by atoms with E-state index in [1.54, 1.807) is 48.3 Å². The minimum Gasteiger partial charge on any atom is -0.331 e. The van der Waals surface area contributed by atoms with E-state index in [2.05, 4.69) is 28.5 Å². The van der Waals surface area contributed by atoms with Crippen molar-refractivity contribution in [3.05, 3.63) is 82.9 Å². The number of rotatable bonds is 5. The molecular weight excluding hydrogens is 350 g/mol. The average Bonchev–Trinajstić information content (AvgIpc) is 3.14. The van der Waals surface area contributed by atoms with Crippen LogP contribution in [-0.2, 0) is 31.1 Å².